The Morgan fingerprint density at radius 2 is 1.87 bits per heavy atom. The summed E-state index contributed by atoms with van der Waals surface area (Å²) in [6, 6.07) is 4.53. The van der Waals surface area contributed by atoms with Gasteiger partial charge < -0.3 is 10.1 Å². The van der Waals surface area contributed by atoms with Crippen LogP contribution in [0.4, 0.5) is 5.69 Å². The van der Waals surface area contributed by atoms with Crippen molar-refractivity contribution in [1.29, 1.82) is 0 Å². The Balaban J connectivity index is 2.34. The minimum absolute atomic E-state index is 0.185. The molecule has 2 unspecified atom stereocenters. The number of benzene rings is 1. The monoisotopic (exact) mass is 340 g/mol. The van der Waals surface area contributed by atoms with Gasteiger partial charge in [0, 0.05) is 26.1 Å². The van der Waals surface area contributed by atoms with E-state index in [1.165, 1.54) is 26.2 Å². The van der Waals surface area contributed by atoms with Gasteiger partial charge in [-0.1, -0.05) is 13.8 Å². The average Bonchev–Trinajstić information content (AvgIpc) is 2.45. The summed E-state index contributed by atoms with van der Waals surface area (Å²) in [5.41, 5.74) is 0.458. The molecule has 2 atom stereocenters. The van der Waals surface area contributed by atoms with Gasteiger partial charge in [0.2, 0.25) is 15.9 Å². The molecule has 0 radical (unpaired) electrons. The van der Waals surface area contributed by atoms with Gasteiger partial charge in [0.1, 0.15) is 5.75 Å². The van der Waals surface area contributed by atoms with Gasteiger partial charge >= 0.3 is 0 Å². The average molecular weight is 340 g/mol. The Kier molecular flexibility index (Phi) is 5.31. The Morgan fingerprint density at radius 1 is 1.26 bits per heavy atom. The van der Waals surface area contributed by atoms with Crippen LogP contribution in [-0.2, 0) is 14.8 Å². The summed E-state index contributed by atoms with van der Waals surface area (Å²) in [5.74, 6) is 0.778. The van der Waals surface area contributed by atoms with E-state index in [0.29, 0.717) is 36.4 Å². The minimum Gasteiger partial charge on any atom is -0.495 e. The number of ether oxygens (including phenoxy) is 1. The second kappa shape index (κ2) is 6.88. The Hall–Kier alpha value is -1.60. The van der Waals surface area contributed by atoms with Crippen molar-refractivity contribution in [3.63, 3.8) is 0 Å². The number of methoxy groups -OCH3 is 1. The maximum absolute atomic E-state index is 12.9. The molecule has 1 aliphatic rings. The number of nitrogens with one attached hydrogen (secondary N) is 1. The molecule has 0 bridgehead atoms. The van der Waals surface area contributed by atoms with Gasteiger partial charge in [-0.3, -0.25) is 4.79 Å². The normalized spacial score (nSPS) is 22.6. The van der Waals surface area contributed by atoms with Gasteiger partial charge in [-0.2, -0.15) is 4.31 Å². The molecule has 1 aromatic carbocycles. The van der Waals surface area contributed by atoms with Crippen LogP contribution in [0.1, 0.15) is 27.2 Å². The lowest BCUT2D eigenvalue weighted by molar-refractivity contribution is -0.114. The van der Waals surface area contributed by atoms with Crippen molar-refractivity contribution in [3.8, 4) is 5.75 Å². The summed E-state index contributed by atoms with van der Waals surface area (Å²) in [4.78, 5) is 11.4. The van der Waals surface area contributed by atoms with Crippen molar-refractivity contribution in [3.05, 3.63) is 18.2 Å². The first-order chi connectivity index (χ1) is 10.7. The molecular formula is C16H24N2O4S. The number of hydrogen-bond acceptors (Lipinski definition) is 4. The van der Waals surface area contributed by atoms with Crippen LogP contribution in [0.5, 0.6) is 5.75 Å². The van der Waals surface area contributed by atoms with Crippen molar-refractivity contribution in [2.75, 3.05) is 25.5 Å². The molecular weight excluding hydrogens is 316 g/mol. The summed E-state index contributed by atoms with van der Waals surface area (Å²) in [6.45, 7) is 6.59. The van der Waals surface area contributed by atoms with Crippen molar-refractivity contribution in [2.24, 2.45) is 11.8 Å². The predicted molar refractivity (Wildman–Crippen MR) is 89.0 cm³/mol. The highest BCUT2D eigenvalue weighted by Crippen LogP contribution is 2.31. The second-order valence-electron chi connectivity index (χ2n) is 6.31. The number of amides is 1. The fourth-order valence-electron chi connectivity index (χ4n) is 3.08. The Labute approximate surface area is 137 Å². The lowest BCUT2D eigenvalue weighted by Crippen LogP contribution is -2.42. The fraction of sp³-hybridized carbons (Fsp3) is 0.562. The highest BCUT2D eigenvalue weighted by Gasteiger charge is 2.32. The number of anilines is 1. The van der Waals surface area contributed by atoms with E-state index in [0.717, 1.165) is 6.42 Å². The minimum atomic E-state index is -3.57. The molecule has 1 aliphatic heterocycles. The van der Waals surface area contributed by atoms with Gasteiger partial charge in [0.05, 0.1) is 17.7 Å². The molecule has 0 aromatic heterocycles. The number of piperidine rings is 1. The van der Waals surface area contributed by atoms with E-state index in [-0.39, 0.29) is 10.8 Å². The van der Waals surface area contributed by atoms with Gasteiger partial charge in [0.15, 0.2) is 0 Å². The maximum Gasteiger partial charge on any atom is 0.243 e. The zero-order valence-electron chi connectivity index (χ0n) is 14.0. The largest absolute Gasteiger partial charge is 0.495 e. The van der Waals surface area contributed by atoms with Gasteiger partial charge in [-0.15, -0.1) is 0 Å². The zero-order chi connectivity index (χ0) is 17.2. The van der Waals surface area contributed by atoms with Crippen LogP contribution in [0.15, 0.2) is 23.1 Å². The lowest BCUT2D eigenvalue weighted by Gasteiger charge is -2.34. The number of rotatable bonds is 4. The van der Waals surface area contributed by atoms with Crippen LogP contribution in [0.25, 0.3) is 0 Å². The molecule has 7 heteroatoms. The van der Waals surface area contributed by atoms with Crippen molar-refractivity contribution >= 4 is 21.6 Å². The van der Waals surface area contributed by atoms with E-state index in [1.807, 2.05) is 0 Å². The van der Waals surface area contributed by atoms with E-state index in [1.54, 1.807) is 10.4 Å². The van der Waals surface area contributed by atoms with Crippen LogP contribution in [0, 0.1) is 11.8 Å². The van der Waals surface area contributed by atoms with Crippen molar-refractivity contribution in [1.82, 2.24) is 4.31 Å². The molecule has 1 N–H and O–H groups in total. The fourth-order valence-corrected chi connectivity index (χ4v) is 4.77. The van der Waals surface area contributed by atoms with Crippen LogP contribution < -0.4 is 10.1 Å². The van der Waals surface area contributed by atoms with Crippen molar-refractivity contribution in [2.45, 2.75) is 32.1 Å². The van der Waals surface area contributed by atoms with Gasteiger partial charge in [0.25, 0.3) is 0 Å². The molecule has 128 valence electrons. The van der Waals surface area contributed by atoms with Crippen molar-refractivity contribution < 1.29 is 17.9 Å². The summed E-state index contributed by atoms with van der Waals surface area (Å²) in [5, 5.41) is 2.62. The molecule has 1 saturated heterocycles. The van der Waals surface area contributed by atoms with Crippen LogP contribution in [-0.4, -0.2) is 38.8 Å². The predicted octanol–water partition coefficient (Wildman–Crippen LogP) is 2.32. The van der Waals surface area contributed by atoms with E-state index >= 15 is 0 Å². The molecule has 0 spiro atoms. The highest BCUT2D eigenvalue weighted by molar-refractivity contribution is 7.89. The molecule has 2 rings (SSSR count). The molecule has 1 heterocycles. The first kappa shape index (κ1) is 17.7. The summed E-state index contributed by atoms with van der Waals surface area (Å²) in [7, 11) is -2.12. The van der Waals surface area contributed by atoms with Crippen LogP contribution in [0.3, 0.4) is 0 Å². The third-order valence-corrected chi connectivity index (χ3v) is 5.78. The first-order valence-electron chi connectivity index (χ1n) is 7.69. The summed E-state index contributed by atoms with van der Waals surface area (Å²) in [6.07, 6.45) is 1.04. The molecule has 1 fully saturated rings. The highest BCUT2D eigenvalue weighted by atomic mass is 32.2. The Bertz CT molecular complexity index is 677. The van der Waals surface area contributed by atoms with Gasteiger partial charge in [-0.25, -0.2) is 8.42 Å². The molecule has 0 saturated carbocycles. The number of sulfonamides is 1. The quantitative estimate of drug-likeness (QED) is 0.913. The van der Waals surface area contributed by atoms with Gasteiger partial charge in [-0.05, 0) is 30.4 Å². The number of nitrogens with zero attached hydrogens (tertiary/aromatic N) is 1. The third-order valence-electron chi connectivity index (χ3n) is 3.96. The molecule has 0 aliphatic carbocycles. The zero-order valence-corrected chi connectivity index (χ0v) is 14.8. The number of carbonyl (C=O) groups excluding carboxylic acids is 1. The van der Waals surface area contributed by atoms with E-state index in [2.05, 4.69) is 19.2 Å². The molecule has 1 aromatic rings. The number of hydrogen-bond donors (Lipinski definition) is 1. The van der Waals surface area contributed by atoms with E-state index in [9.17, 15) is 13.2 Å². The molecule has 1 amide bonds. The van der Waals surface area contributed by atoms with Crippen LogP contribution in [0.2, 0.25) is 0 Å². The number of carbonyl (C=O) groups is 1. The molecule has 23 heavy (non-hydrogen) atoms. The standard InChI is InChI=1S/C16H24N2O4S/c1-11-7-12(2)10-18(9-11)23(20,21)14-5-6-15(17-13(3)19)16(8-14)22-4/h5-6,8,11-12H,7,9-10H2,1-4H3,(H,17,19). The van der Waals surface area contributed by atoms with E-state index in [4.69, 9.17) is 4.74 Å². The molecule has 6 nitrogen and oxygen atoms in total. The maximum atomic E-state index is 12.9. The first-order valence-corrected chi connectivity index (χ1v) is 9.13. The topological polar surface area (TPSA) is 75.7 Å². The SMILES string of the molecule is COc1cc(S(=O)(=O)N2CC(C)CC(C)C2)ccc1NC(C)=O. The van der Waals surface area contributed by atoms with Crippen LogP contribution >= 0.6 is 0 Å². The van der Waals surface area contributed by atoms with E-state index < -0.39 is 10.0 Å². The second-order valence-corrected chi connectivity index (χ2v) is 8.25. The summed E-state index contributed by atoms with van der Waals surface area (Å²) < 4.78 is 32.5. The summed E-state index contributed by atoms with van der Waals surface area (Å²) >= 11 is 0. The Morgan fingerprint density at radius 3 is 2.39 bits per heavy atom. The lowest BCUT2D eigenvalue weighted by atomic mass is 9.94. The smallest absolute Gasteiger partial charge is 0.243 e. The third kappa shape index (κ3) is 4.03.